The molecule has 84 valence electrons. The first-order valence-electron chi connectivity index (χ1n) is 5.71. The Morgan fingerprint density at radius 2 is 1.64 bits per heavy atom. The van der Waals surface area contributed by atoms with Crippen LogP contribution in [0.4, 0.5) is 0 Å². The quantitative estimate of drug-likeness (QED) is 0.576. The summed E-state index contributed by atoms with van der Waals surface area (Å²) in [6, 6.07) is 0. The van der Waals surface area contributed by atoms with Gasteiger partial charge in [0.05, 0.1) is 0 Å². The molecule has 0 saturated carbocycles. The highest BCUT2D eigenvalue weighted by atomic mass is 16.1. The van der Waals surface area contributed by atoms with Crippen molar-refractivity contribution in [3.63, 3.8) is 0 Å². The summed E-state index contributed by atoms with van der Waals surface area (Å²) in [4.78, 5) is 12.9. The third kappa shape index (κ3) is 8.05. The van der Waals surface area contributed by atoms with E-state index in [1.807, 2.05) is 0 Å². The van der Waals surface area contributed by atoms with Gasteiger partial charge in [0.2, 0.25) is 5.91 Å². The Bertz CT molecular complexity index is 144. The van der Waals surface area contributed by atoms with E-state index in [1.165, 1.54) is 19.4 Å². The van der Waals surface area contributed by atoms with E-state index in [0.29, 0.717) is 6.42 Å². The molecule has 0 aliphatic heterocycles. The van der Waals surface area contributed by atoms with Crippen LogP contribution in [0.3, 0.4) is 0 Å². The summed E-state index contributed by atoms with van der Waals surface area (Å²) in [6.07, 6.45) is 5.08. The Hall–Kier alpha value is -0.570. The minimum absolute atomic E-state index is 0.172. The number of hydrogen-bond donors (Lipinski definition) is 1. The molecule has 0 unspecified atom stereocenters. The number of unbranched alkanes of at least 4 members (excludes halogenated alkanes) is 3. The smallest absolute Gasteiger partial charge is 0.217 e. The fourth-order valence-electron chi connectivity index (χ4n) is 1.53. The Kier molecular flexibility index (Phi) is 8.64. The molecule has 0 rings (SSSR count). The lowest BCUT2D eigenvalue weighted by atomic mass is 10.1. The molecule has 0 atom stereocenters. The molecular formula is C11H24N2O. The number of amides is 1. The SMILES string of the molecule is CCN(CC)CCCCCCC(N)=O. The Balaban J connectivity index is 3.16. The van der Waals surface area contributed by atoms with Crippen molar-refractivity contribution < 1.29 is 4.79 Å². The maximum absolute atomic E-state index is 10.4. The van der Waals surface area contributed by atoms with Crippen LogP contribution in [0.2, 0.25) is 0 Å². The predicted octanol–water partition coefficient (Wildman–Crippen LogP) is 1.76. The van der Waals surface area contributed by atoms with Gasteiger partial charge in [-0.15, -0.1) is 0 Å². The van der Waals surface area contributed by atoms with E-state index < -0.39 is 0 Å². The van der Waals surface area contributed by atoms with Crippen LogP contribution in [0.25, 0.3) is 0 Å². The number of hydrogen-bond acceptors (Lipinski definition) is 2. The highest BCUT2D eigenvalue weighted by Gasteiger charge is 1.98. The van der Waals surface area contributed by atoms with E-state index in [-0.39, 0.29) is 5.91 Å². The van der Waals surface area contributed by atoms with Crippen LogP contribution in [0.1, 0.15) is 46.0 Å². The number of carbonyl (C=O) groups is 1. The van der Waals surface area contributed by atoms with Gasteiger partial charge in [0.1, 0.15) is 0 Å². The van der Waals surface area contributed by atoms with Gasteiger partial charge in [-0.05, 0) is 32.5 Å². The van der Waals surface area contributed by atoms with Gasteiger partial charge in [-0.25, -0.2) is 0 Å². The van der Waals surface area contributed by atoms with Crippen LogP contribution in [-0.2, 0) is 4.79 Å². The van der Waals surface area contributed by atoms with Crippen LogP contribution in [0.5, 0.6) is 0 Å². The zero-order chi connectivity index (χ0) is 10.8. The molecule has 0 aromatic rings. The maximum Gasteiger partial charge on any atom is 0.217 e. The van der Waals surface area contributed by atoms with Gasteiger partial charge < -0.3 is 10.6 Å². The largest absolute Gasteiger partial charge is 0.370 e. The monoisotopic (exact) mass is 200 g/mol. The van der Waals surface area contributed by atoms with Gasteiger partial charge in [0, 0.05) is 6.42 Å². The Morgan fingerprint density at radius 1 is 1.07 bits per heavy atom. The summed E-state index contributed by atoms with van der Waals surface area (Å²) < 4.78 is 0. The van der Waals surface area contributed by atoms with Crippen molar-refractivity contribution in [2.24, 2.45) is 5.73 Å². The molecule has 0 spiro atoms. The fraction of sp³-hybridized carbons (Fsp3) is 0.909. The molecule has 0 saturated heterocycles. The van der Waals surface area contributed by atoms with E-state index in [4.69, 9.17) is 5.73 Å². The molecule has 14 heavy (non-hydrogen) atoms. The normalized spacial score (nSPS) is 10.8. The van der Waals surface area contributed by atoms with Crippen molar-refractivity contribution in [1.29, 1.82) is 0 Å². The van der Waals surface area contributed by atoms with Crippen LogP contribution in [0.15, 0.2) is 0 Å². The van der Waals surface area contributed by atoms with E-state index in [2.05, 4.69) is 18.7 Å². The average Bonchev–Trinajstić information content (AvgIpc) is 2.16. The van der Waals surface area contributed by atoms with Gasteiger partial charge >= 0.3 is 0 Å². The van der Waals surface area contributed by atoms with Gasteiger partial charge in [-0.2, -0.15) is 0 Å². The molecule has 2 N–H and O–H groups in total. The molecule has 0 fully saturated rings. The number of rotatable bonds is 9. The minimum Gasteiger partial charge on any atom is -0.370 e. The summed E-state index contributed by atoms with van der Waals surface area (Å²) in [6.45, 7) is 7.84. The zero-order valence-corrected chi connectivity index (χ0v) is 9.59. The third-order valence-electron chi connectivity index (χ3n) is 2.54. The number of nitrogens with zero attached hydrogens (tertiary/aromatic N) is 1. The maximum atomic E-state index is 10.4. The lowest BCUT2D eigenvalue weighted by Crippen LogP contribution is -2.23. The second-order valence-corrected chi connectivity index (χ2v) is 3.66. The fourth-order valence-corrected chi connectivity index (χ4v) is 1.53. The van der Waals surface area contributed by atoms with Crippen molar-refractivity contribution in [3.05, 3.63) is 0 Å². The molecule has 3 nitrogen and oxygen atoms in total. The topological polar surface area (TPSA) is 46.3 Å². The molecule has 0 aromatic heterocycles. The van der Waals surface area contributed by atoms with E-state index >= 15 is 0 Å². The molecule has 0 radical (unpaired) electrons. The van der Waals surface area contributed by atoms with Gasteiger partial charge in [-0.1, -0.05) is 26.7 Å². The Morgan fingerprint density at radius 3 is 2.14 bits per heavy atom. The molecule has 0 aromatic carbocycles. The summed E-state index contributed by atoms with van der Waals surface area (Å²) in [5.74, 6) is -0.172. The molecule has 3 heteroatoms. The minimum atomic E-state index is -0.172. The predicted molar refractivity (Wildman–Crippen MR) is 60.1 cm³/mol. The average molecular weight is 200 g/mol. The number of primary amides is 1. The van der Waals surface area contributed by atoms with Crippen LogP contribution < -0.4 is 5.73 Å². The molecule has 0 aliphatic rings. The highest BCUT2D eigenvalue weighted by molar-refractivity contribution is 5.73. The summed E-state index contributed by atoms with van der Waals surface area (Å²) >= 11 is 0. The van der Waals surface area contributed by atoms with Gasteiger partial charge in [0.15, 0.2) is 0 Å². The Labute approximate surface area is 87.6 Å². The van der Waals surface area contributed by atoms with Crippen molar-refractivity contribution in [1.82, 2.24) is 4.90 Å². The molecule has 0 aliphatic carbocycles. The van der Waals surface area contributed by atoms with Crippen LogP contribution in [-0.4, -0.2) is 30.4 Å². The second-order valence-electron chi connectivity index (χ2n) is 3.66. The zero-order valence-electron chi connectivity index (χ0n) is 9.59. The summed E-state index contributed by atoms with van der Waals surface area (Å²) in [5, 5.41) is 0. The molecule has 0 heterocycles. The third-order valence-corrected chi connectivity index (χ3v) is 2.54. The van der Waals surface area contributed by atoms with Gasteiger partial charge in [-0.3, -0.25) is 4.79 Å². The summed E-state index contributed by atoms with van der Waals surface area (Å²) in [7, 11) is 0. The first-order valence-corrected chi connectivity index (χ1v) is 5.71. The molecular weight excluding hydrogens is 176 g/mol. The second kappa shape index (κ2) is 9.00. The standard InChI is InChI=1S/C11H24N2O/c1-3-13(4-2)10-8-6-5-7-9-11(12)14/h3-10H2,1-2H3,(H2,12,14). The van der Waals surface area contributed by atoms with Crippen molar-refractivity contribution in [2.75, 3.05) is 19.6 Å². The van der Waals surface area contributed by atoms with Crippen molar-refractivity contribution >= 4 is 5.91 Å². The van der Waals surface area contributed by atoms with Gasteiger partial charge in [0.25, 0.3) is 0 Å². The molecule has 0 bridgehead atoms. The van der Waals surface area contributed by atoms with Crippen LogP contribution >= 0.6 is 0 Å². The van der Waals surface area contributed by atoms with E-state index in [1.54, 1.807) is 0 Å². The van der Waals surface area contributed by atoms with Crippen molar-refractivity contribution in [2.45, 2.75) is 46.0 Å². The van der Waals surface area contributed by atoms with E-state index in [9.17, 15) is 4.79 Å². The lowest BCUT2D eigenvalue weighted by molar-refractivity contribution is -0.118. The number of nitrogens with two attached hydrogens (primary N) is 1. The summed E-state index contributed by atoms with van der Waals surface area (Å²) in [5.41, 5.74) is 5.05. The number of carbonyl (C=O) groups excluding carboxylic acids is 1. The van der Waals surface area contributed by atoms with Crippen molar-refractivity contribution in [3.8, 4) is 0 Å². The highest BCUT2D eigenvalue weighted by Crippen LogP contribution is 2.03. The first-order chi connectivity index (χ1) is 6.70. The first kappa shape index (κ1) is 13.4. The lowest BCUT2D eigenvalue weighted by Gasteiger charge is -2.17. The van der Waals surface area contributed by atoms with Crippen LogP contribution in [0, 0.1) is 0 Å². The van der Waals surface area contributed by atoms with E-state index in [0.717, 1.165) is 25.9 Å². The molecule has 1 amide bonds.